The molecule has 1 aliphatic heterocycles. The molecule has 10 nitrogen and oxygen atoms in total. The summed E-state index contributed by atoms with van der Waals surface area (Å²) >= 11 is 0. The number of carbonyl (C=O) groups is 2. The maximum absolute atomic E-state index is 12.1. The van der Waals surface area contributed by atoms with Crippen molar-refractivity contribution < 1.29 is 23.8 Å². The number of hydrogen-bond acceptors (Lipinski definition) is 7. The summed E-state index contributed by atoms with van der Waals surface area (Å²) in [4.78, 5) is 23.3. The van der Waals surface area contributed by atoms with E-state index in [0.717, 1.165) is 5.56 Å². The Morgan fingerprint density at radius 2 is 2.00 bits per heavy atom. The van der Waals surface area contributed by atoms with E-state index in [1.807, 2.05) is 30.3 Å². The van der Waals surface area contributed by atoms with Gasteiger partial charge in [0.15, 0.2) is 18.1 Å². The number of carbonyl (C=O) groups excluding carboxylic acids is 2. The number of nitrogens with one attached hydrogen (secondary N) is 1. The molecule has 0 bridgehead atoms. The van der Waals surface area contributed by atoms with Gasteiger partial charge in [-0.05, 0) is 12.1 Å². The van der Waals surface area contributed by atoms with Crippen molar-refractivity contribution in [1.82, 2.24) is 15.2 Å². The van der Waals surface area contributed by atoms with Crippen LogP contribution >= 0.6 is 0 Å². The Balaban J connectivity index is 1.39. The minimum Gasteiger partial charge on any atom is -0.484 e. The topological polar surface area (TPSA) is 130 Å². The van der Waals surface area contributed by atoms with Crippen molar-refractivity contribution in [3.63, 3.8) is 0 Å². The lowest BCUT2D eigenvalue weighted by atomic mass is 10.1. The molecule has 0 fully saturated rings. The molecule has 31 heavy (non-hydrogen) atoms. The molecule has 2 aromatic carbocycles. The Morgan fingerprint density at radius 3 is 2.81 bits per heavy atom. The van der Waals surface area contributed by atoms with Crippen LogP contribution in [0.4, 0.5) is 0 Å². The quantitative estimate of drug-likeness (QED) is 0.416. The highest BCUT2D eigenvalue weighted by molar-refractivity contribution is 5.89. The zero-order chi connectivity index (χ0) is 21.6. The average molecular weight is 421 g/mol. The van der Waals surface area contributed by atoms with Crippen molar-refractivity contribution in [3.8, 4) is 28.5 Å². The minimum atomic E-state index is -0.514. The van der Waals surface area contributed by atoms with Crippen LogP contribution < -0.4 is 25.4 Å². The van der Waals surface area contributed by atoms with E-state index in [0.29, 0.717) is 28.5 Å². The molecule has 0 radical (unpaired) electrons. The fraction of sp³-hybridized carbons (Fsp3) is 0.143. The number of hydrazone groups is 1. The molecule has 1 aromatic heterocycles. The Kier molecular flexibility index (Phi) is 5.79. The highest BCUT2D eigenvalue weighted by atomic mass is 16.7. The lowest BCUT2D eigenvalue weighted by Gasteiger charge is -2.05. The first-order chi connectivity index (χ1) is 15.1. The standard InChI is InChI=1S/C21H19N5O5/c22-19(27)11-26-10-15(21(25-26)14-4-2-1-3-5-14)9-23-24-20(28)12-29-16-6-7-17-18(8-16)31-13-30-17/h1-10H,11-13H2,(H2,22,27)(H,24,28)/b23-9+. The molecule has 0 unspecified atom stereocenters. The van der Waals surface area contributed by atoms with Crippen molar-refractivity contribution in [2.45, 2.75) is 6.54 Å². The molecule has 2 heterocycles. The summed E-state index contributed by atoms with van der Waals surface area (Å²) in [5, 5.41) is 8.36. The molecular weight excluding hydrogens is 402 g/mol. The maximum atomic E-state index is 12.1. The van der Waals surface area contributed by atoms with E-state index >= 15 is 0 Å². The van der Waals surface area contributed by atoms with Gasteiger partial charge in [-0.15, -0.1) is 0 Å². The third-order valence-corrected chi connectivity index (χ3v) is 4.26. The van der Waals surface area contributed by atoms with E-state index < -0.39 is 11.8 Å². The summed E-state index contributed by atoms with van der Waals surface area (Å²) < 4.78 is 17.4. The molecule has 158 valence electrons. The monoisotopic (exact) mass is 421 g/mol. The van der Waals surface area contributed by atoms with Gasteiger partial charge in [0.1, 0.15) is 18.0 Å². The van der Waals surface area contributed by atoms with Gasteiger partial charge in [0.05, 0.1) is 6.21 Å². The van der Waals surface area contributed by atoms with Crippen LogP contribution in [0.2, 0.25) is 0 Å². The Hall–Kier alpha value is -4.34. The number of rotatable bonds is 8. The normalized spacial score (nSPS) is 12.1. The summed E-state index contributed by atoms with van der Waals surface area (Å²) in [6.07, 6.45) is 3.08. The van der Waals surface area contributed by atoms with Crippen LogP contribution in [0, 0.1) is 0 Å². The number of fused-ring (bicyclic) bond motifs is 1. The first-order valence-corrected chi connectivity index (χ1v) is 9.34. The van der Waals surface area contributed by atoms with Crippen molar-refractivity contribution in [2.75, 3.05) is 13.4 Å². The highest BCUT2D eigenvalue weighted by Gasteiger charge is 2.14. The number of ether oxygens (including phenoxy) is 3. The highest BCUT2D eigenvalue weighted by Crippen LogP contribution is 2.35. The van der Waals surface area contributed by atoms with Crippen molar-refractivity contribution in [3.05, 3.63) is 60.3 Å². The number of aromatic nitrogens is 2. The van der Waals surface area contributed by atoms with E-state index in [2.05, 4.69) is 15.6 Å². The van der Waals surface area contributed by atoms with Crippen LogP contribution in [0.1, 0.15) is 5.56 Å². The molecule has 2 amide bonds. The van der Waals surface area contributed by atoms with Gasteiger partial charge in [-0.3, -0.25) is 14.3 Å². The SMILES string of the molecule is NC(=O)Cn1cc(/C=N/NC(=O)COc2ccc3c(c2)OCO3)c(-c2ccccc2)n1. The average Bonchev–Trinajstić information content (AvgIpc) is 3.39. The van der Waals surface area contributed by atoms with Gasteiger partial charge >= 0.3 is 0 Å². The third kappa shape index (κ3) is 4.99. The Morgan fingerprint density at radius 1 is 1.19 bits per heavy atom. The number of amides is 2. The van der Waals surface area contributed by atoms with Crippen LogP contribution in [-0.4, -0.2) is 41.2 Å². The summed E-state index contributed by atoms with van der Waals surface area (Å²) in [6.45, 7) is -0.137. The Labute approximate surface area is 177 Å². The second kappa shape index (κ2) is 8.99. The van der Waals surface area contributed by atoms with E-state index in [-0.39, 0.29) is 19.9 Å². The first-order valence-electron chi connectivity index (χ1n) is 9.34. The third-order valence-electron chi connectivity index (χ3n) is 4.26. The smallest absolute Gasteiger partial charge is 0.277 e. The fourth-order valence-electron chi connectivity index (χ4n) is 2.91. The summed E-state index contributed by atoms with van der Waals surface area (Å²) in [5.41, 5.74) is 9.72. The van der Waals surface area contributed by atoms with E-state index in [1.165, 1.54) is 10.9 Å². The number of benzene rings is 2. The van der Waals surface area contributed by atoms with Crippen LogP contribution in [0.3, 0.4) is 0 Å². The molecule has 10 heteroatoms. The van der Waals surface area contributed by atoms with Gasteiger partial charge in [0.25, 0.3) is 5.91 Å². The first kappa shape index (κ1) is 20.0. The van der Waals surface area contributed by atoms with E-state index in [1.54, 1.807) is 24.4 Å². The number of primary amides is 1. The Bertz CT molecular complexity index is 1130. The maximum Gasteiger partial charge on any atom is 0.277 e. The molecule has 1 aliphatic rings. The van der Waals surface area contributed by atoms with Crippen molar-refractivity contribution in [1.29, 1.82) is 0 Å². The molecule has 0 atom stereocenters. The van der Waals surface area contributed by atoms with Crippen molar-refractivity contribution >= 4 is 18.0 Å². The fourth-order valence-corrected chi connectivity index (χ4v) is 2.91. The van der Waals surface area contributed by atoms with Gasteiger partial charge in [-0.1, -0.05) is 30.3 Å². The van der Waals surface area contributed by atoms with Gasteiger partial charge in [0, 0.05) is 23.4 Å². The molecule has 0 saturated heterocycles. The molecule has 4 rings (SSSR count). The summed E-state index contributed by atoms with van der Waals surface area (Å²) in [7, 11) is 0. The zero-order valence-electron chi connectivity index (χ0n) is 16.4. The summed E-state index contributed by atoms with van der Waals surface area (Å²) in [6, 6.07) is 14.4. The van der Waals surface area contributed by atoms with E-state index in [4.69, 9.17) is 19.9 Å². The van der Waals surface area contributed by atoms with Crippen LogP contribution in [0.15, 0.2) is 59.8 Å². The lowest BCUT2D eigenvalue weighted by molar-refractivity contribution is -0.123. The van der Waals surface area contributed by atoms with Gasteiger partial charge < -0.3 is 19.9 Å². The predicted molar refractivity (Wildman–Crippen MR) is 111 cm³/mol. The predicted octanol–water partition coefficient (Wildman–Crippen LogP) is 1.29. The van der Waals surface area contributed by atoms with E-state index in [9.17, 15) is 9.59 Å². The molecule has 3 aromatic rings. The molecule has 0 aliphatic carbocycles. The number of hydrogen-bond donors (Lipinski definition) is 2. The van der Waals surface area contributed by atoms with Crippen molar-refractivity contribution in [2.24, 2.45) is 10.8 Å². The zero-order valence-corrected chi connectivity index (χ0v) is 16.4. The molecule has 0 spiro atoms. The van der Waals surface area contributed by atoms with Crippen LogP contribution in [0.5, 0.6) is 17.2 Å². The molecule has 0 saturated carbocycles. The molecular formula is C21H19N5O5. The second-order valence-corrected chi connectivity index (χ2v) is 6.56. The largest absolute Gasteiger partial charge is 0.484 e. The molecule has 3 N–H and O–H groups in total. The van der Waals surface area contributed by atoms with Gasteiger partial charge in [-0.2, -0.15) is 10.2 Å². The number of nitrogens with zero attached hydrogens (tertiary/aromatic N) is 3. The summed E-state index contributed by atoms with van der Waals surface area (Å²) in [5.74, 6) is 0.714. The second-order valence-electron chi connectivity index (χ2n) is 6.56. The van der Waals surface area contributed by atoms with Crippen LogP contribution in [-0.2, 0) is 16.1 Å². The minimum absolute atomic E-state index is 0.0661. The lowest BCUT2D eigenvalue weighted by Crippen LogP contribution is -2.24. The number of nitrogens with two attached hydrogens (primary N) is 1. The van der Waals surface area contributed by atoms with Gasteiger partial charge in [0.2, 0.25) is 12.7 Å². The van der Waals surface area contributed by atoms with Gasteiger partial charge in [-0.25, -0.2) is 5.43 Å². The van der Waals surface area contributed by atoms with Crippen LogP contribution in [0.25, 0.3) is 11.3 Å².